The number of thiophene rings is 1. The molecule has 2 aromatic heterocycles. The van der Waals surface area contributed by atoms with Gasteiger partial charge in [-0.2, -0.15) is 0 Å². The molecule has 1 amide bonds. The van der Waals surface area contributed by atoms with Crippen molar-refractivity contribution < 1.29 is 4.79 Å². The summed E-state index contributed by atoms with van der Waals surface area (Å²) in [5.41, 5.74) is 5.88. The van der Waals surface area contributed by atoms with Gasteiger partial charge in [-0.25, -0.2) is 4.98 Å². The number of likely N-dealkylation sites (tertiary alicyclic amines) is 1. The van der Waals surface area contributed by atoms with E-state index in [9.17, 15) is 4.79 Å². The molecule has 112 valence electrons. The Labute approximate surface area is 132 Å². The van der Waals surface area contributed by atoms with Gasteiger partial charge in [0.2, 0.25) is 0 Å². The van der Waals surface area contributed by atoms with Gasteiger partial charge in [-0.1, -0.05) is 13.0 Å². The van der Waals surface area contributed by atoms with Gasteiger partial charge in [-0.3, -0.25) is 4.79 Å². The summed E-state index contributed by atoms with van der Waals surface area (Å²) < 4.78 is 0. The molecule has 0 aliphatic carbocycles. The summed E-state index contributed by atoms with van der Waals surface area (Å²) in [6, 6.07) is 4.18. The number of thiazole rings is 1. The lowest BCUT2D eigenvalue weighted by Crippen LogP contribution is -2.51. The van der Waals surface area contributed by atoms with E-state index in [1.54, 1.807) is 17.5 Å². The zero-order valence-electron chi connectivity index (χ0n) is 12.0. The largest absolute Gasteiger partial charge is 0.333 e. The van der Waals surface area contributed by atoms with E-state index in [4.69, 9.17) is 5.73 Å². The number of carbonyl (C=O) groups is 1. The second-order valence-electron chi connectivity index (χ2n) is 5.43. The molecule has 3 heterocycles. The summed E-state index contributed by atoms with van der Waals surface area (Å²) in [6.45, 7) is 3.52. The fraction of sp³-hybridized carbons (Fsp3) is 0.467. The van der Waals surface area contributed by atoms with Crippen molar-refractivity contribution in [1.82, 2.24) is 9.88 Å². The molecule has 0 unspecified atom stereocenters. The molecule has 1 saturated heterocycles. The van der Waals surface area contributed by atoms with E-state index in [1.165, 1.54) is 11.3 Å². The van der Waals surface area contributed by atoms with Gasteiger partial charge in [-0.15, -0.1) is 22.7 Å². The van der Waals surface area contributed by atoms with E-state index in [2.05, 4.69) is 11.9 Å². The highest BCUT2D eigenvalue weighted by atomic mass is 32.1. The summed E-state index contributed by atoms with van der Waals surface area (Å²) in [4.78, 5) is 20.9. The van der Waals surface area contributed by atoms with E-state index in [1.807, 2.05) is 22.4 Å². The number of hydrogen-bond acceptors (Lipinski definition) is 5. The highest BCUT2D eigenvalue weighted by Crippen LogP contribution is 2.31. The van der Waals surface area contributed by atoms with Crippen LogP contribution in [0.4, 0.5) is 0 Å². The molecule has 1 aliphatic rings. The van der Waals surface area contributed by atoms with Gasteiger partial charge >= 0.3 is 0 Å². The number of carbonyl (C=O) groups excluding carboxylic acids is 1. The van der Waals surface area contributed by atoms with Crippen LogP contribution in [0.3, 0.4) is 0 Å². The van der Waals surface area contributed by atoms with Crippen LogP contribution < -0.4 is 5.73 Å². The maximum atomic E-state index is 12.7. The van der Waals surface area contributed by atoms with Crippen molar-refractivity contribution in [3.63, 3.8) is 0 Å². The summed E-state index contributed by atoms with van der Waals surface area (Å²) in [5, 5.41) is 2.94. The van der Waals surface area contributed by atoms with Crippen molar-refractivity contribution in [1.29, 1.82) is 0 Å². The number of piperidine rings is 1. The molecular weight excluding hydrogens is 302 g/mol. The maximum absolute atomic E-state index is 12.7. The van der Waals surface area contributed by atoms with Crippen LogP contribution in [0.5, 0.6) is 0 Å². The van der Waals surface area contributed by atoms with Crippen LogP contribution in [0.2, 0.25) is 0 Å². The first kappa shape index (κ1) is 14.7. The molecule has 3 rings (SSSR count). The third kappa shape index (κ3) is 2.88. The van der Waals surface area contributed by atoms with Crippen molar-refractivity contribution in [3.8, 4) is 9.88 Å². The van der Waals surface area contributed by atoms with E-state index >= 15 is 0 Å². The SMILES string of the molecule is C[C@@H]1CCCN(C(=O)c2cnc(-c3cccs3)s2)[C@H]1CN. The second kappa shape index (κ2) is 6.25. The number of nitrogens with zero attached hydrogens (tertiary/aromatic N) is 2. The minimum absolute atomic E-state index is 0.0808. The monoisotopic (exact) mass is 321 g/mol. The fourth-order valence-corrected chi connectivity index (χ4v) is 4.57. The number of hydrogen-bond donors (Lipinski definition) is 1. The zero-order valence-corrected chi connectivity index (χ0v) is 13.6. The highest BCUT2D eigenvalue weighted by Gasteiger charge is 2.32. The van der Waals surface area contributed by atoms with Gasteiger partial charge in [0.25, 0.3) is 5.91 Å². The Kier molecular flexibility index (Phi) is 4.37. The van der Waals surface area contributed by atoms with Gasteiger partial charge in [0.05, 0.1) is 11.1 Å². The molecule has 0 radical (unpaired) electrons. The molecular formula is C15H19N3OS2. The lowest BCUT2D eigenvalue weighted by Gasteiger charge is -2.39. The normalized spacial score (nSPS) is 22.5. The van der Waals surface area contributed by atoms with Crippen molar-refractivity contribution in [2.75, 3.05) is 13.1 Å². The van der Waals surface area contributed by atoms with E-state index < -0.39 is 0 Å². The summed E-state index contributed by atoms with van der Waals surface area (Å²) in [7, 11) is 0. The number of rotatable bonds is 3. The van der Waals surface area contributed by atoms with Crippen molar-refractivity contribution in [2.45, 2.75) is 25.8 Å². The topological polar surface area (TPSA) is 59.2 Å². The predicted octanol–water partition coefficient (Wildman–Crippen LogP) is 3.07. The molecule has 1 aliphatic heterocycles. The second-order valence-corrected chi connectivity index (χ2v) is 7.41. The van der Waals surface area contributed by atoms with Crippen molar-refractivity contribution >= 4 is 28.6 Å². The lowest BCUT2D eigenvalue weighted by atomic mass is 9.90. The van der Waals surface area contributed by atoms with Gasteiger partial charge in [0, 0.05) is 19.1 Å². The zero-order chi connectivity index (χ0) is 14.8. The lowest BCUT2D eigenvalue weighted by molar-refractivity contribution is 0.0537. The summed E-state index contributed by atoms with van der Waals surface area (Å²) >= 11 is 3.12. The molecule has 0 bridgehead atoms. The minimum atomic E-state index is 0.0808. The highest BCUT2D eigenvalue weighted by molar-refractivity contribution is 7.21. The van der Waals surface area contributed by atoms with Gasteiger partial charge in [0.15, 0.2) is 0 Å². The Balaban J connectivity index is 1.81. The van der Waals surface area contributed by atoms with Crippen molar-refractivity contribution in [2.24, 2.45) is 11.7 Å². The average Bonchev–Trinajstić information content (AvgIpc) is 3.16. The van der Waals surface area contributed by atoms with E-state index in [-0.39, 0.29) is 11.9 Å². The number of nitrogens with two attached hydrogens (primary N) is 1. The average molecular weight is 321 g/mol. The third-order valence-corrected chi connectivity index (χ3v) is 6.09. The smallest absolute Gasteiger partial charge is 0.265 e. The number of amides is 1. The molecule has 2 atom stereocenters. The van der Waals surface area contributed by atoms with Crippen LogP contribution in [-0.2, 0) is 0 Å². The molecule has 2 aromatic rings. The van der Waals surface area contributed by atoms with E-state index in [0.717, 1.165) is 29.3 Å². The van der Waals surface area contributed by atoms with E-state index in [0.29, 0.717) is 17.3 Å². The Morgan fingerprint density at radius 3 is 3.14 bits per heavy atom. The molecule has 1 fully saturated rings. The van der Waals surface area contributed by atoms with Crippen molar-refractivity contribution in [3.05, 3.63) is 28.6 Å². The molecule has 6 heteroatoms. The quantitative estimate of drug-likeness (QED) is 0.945. The molecule has 4 nitrogen and oxygen atoms in total. The van der Waals surface area contributed by atoms with Gasteiger partial charge in [0.1, 0.15) is 9.88 Å². The van der Waals surface area contributed by atoms with Crippen LogP contribution in [0, 0.1) is 5.92 Å². The fourth-order valence-electron chi connectivity index (χ4n) is 2.89. The number of aromatic nitrogens is 1. The van der Waals surface area contributed by atoms with Crippen LogP contribution in [0.15, 0.2) is 23.7 Å². The first-order chi connectivity index (χ1) is 10.2. The Morgan fingerprint density at radius 2 is 2.43 bits per heavy atom. The van der Waals surface area contributed by atoms with Crippen LogP contribution in [0.25, 0.3) is 9.88 Å². The van der Waals surface area contributed by atoms with Crippen LogP contribution in [0.1, 0.15) is 29.4 Å². The minimum Gasteiger partial charge on any atom is -0.333 e. The summed E-state index contributed by atoms with van der Waals surface area (Å²) in [6.07, 6.45) is 3.91. The van der Waals surface area contributed by atoms with Crippen LogP contribution >= 0.6 is 22.7 Å². The molecule has 0 aromatic carbocycles. The Morgan fingerprint density at radius 1 is 1.57 bits per heavy atom. The Hall–Kier alpha value is -1.24. The third-order valence-electron chi connectivity index (χ3n) is 4.07. The molecule has 0 saturated carbocycles. The first-order valence-electron chi connectivity index (χ1n) is 7.21. The first-order valence-corrected chi connectivity index (χ1v) is 8.91. The standard InChI is InChI=1S/C15H19N3OS2/c1-10-4-2-6-18(11(10)8-16)15(19)13-9-17-14(21-13)12-5-3-7-20-12/h3,5,7,9-11H,2,4,6,8,16H2,1H3/t10-,11+/m1/s1. The molecule has 0 spiro atoms. The van der Waals surface area contributed by atoms with Gasteiger partial charge in [-0.05, 0) is 30.2 Å². The van der Waals surface area contributed by atoms with Crippen LogP contribution in [-0.4, -0.2) is 34.9 Å². The molecule has 21 heavy (non-hydrogen) atoms. The molecule has 2 N–H and O–H groups in total. The van der Waals surface area contributed by atoms with Gasteiger partial charge < -0.3 is 10.6 Å². The summed E-state index contributed by atoms with van der Waals surface area (Å²) in [5.74, 6) is 0.551. The maximum Gasteiger partial charge on any atom is 0.265 e. The predicted molar refractivity (Wildman–Crippen MR) is 87.7 cm³/mol. The Bertz CT molecular complexity index is 608.